The second-order valence-electron chi connectivity index (χ2n) is 3.76. The molecule has 0 aromatic rings. The summed E-state index contributed by atoms with van der Waals surface area (Å²) in [6.07, 6.45) is 8.22. The highest BCUT2D eigenvalue weighted by molar-refractivity contribution is 5.82. The Hall–Kier alpha value is -1.01. The molecule has 3 nitrogen and oxygen atoms in total. The van der Waals surface area contributed by atoms with Gasteiger partial charge in [0.25, 0.3) is 0 Å². The van der Waals surface area contributed by atoms with Gasteiger partial charge in [-0.05, 0) is 19.3 Å². The summed E-state index contributed by atoms with van der Waals surface area (Å²) >= 11 is 0. The van der Waals surface area contributed by atoms with E-state index >= 15 is 0 Å². The molecule has 0 unspecified atom stereocenters. The Morgan fingerprint density at radius 3 is 2.47 bits per heavy atom. The highest BCUT2D eigenvalue weighted by atomic mass is 16.2. The highest BCUT2D eigenvalue weighted by Gasteiger charge is 2.32. The van der Waals surface area contributed by atoms with Crippen molar-refractivity contribution in [1.82, 2.24) is 5.32 Å². The largest absolute Gasteiger partial charge is 0.356 e. The van der Waals surface area contributed by atoms with Gasteiger partial charge in [0.15, 0.2) is 0 Å². The molecule has 0 saturated carbocycles. The lowest BCUT2D eigenvalue weighted by molar-refractivity contribution is -0.131. The van der Waals surface area contributed by atoms with Crippen LogP contribution in [0.1, 0.15) is 39.5 Å². The topological polar surface area (TPSA) is 55.1 Å². The minimum Gasteiger partial charge on any atom is -0.356 e. The minimum absolute atomic E-state index is 0.0621. The molecule has 3 N–H and O–H groups in total. The summed E-state index contributed by atoms with van der Waals surface area (Å²) in [5, 5.41) is 2.90. The van der Waals surface area contributed by atoms with Gasteiger partial charge in [-0.3, -0.25) is 4.79 Å². The van der Waals surface area contributed by atoms with Crippen molar-refractivity contribution in [2.75, 3.05) is 13.1 Å². The molecule has 0 aliphatic rings. The molecular formula is C12H22N2O. The van der Waals surface area contributed by atoms with Crippen LogP contribution in [-0.4, -0.2) is 19.0 Å². The van der Waals surface area contributed by atoms with Crippen molar-refractivity contribution in [3.63, 3.8) is 0 Å². The second kappa shape index (κ2) is 7.30. The van der Waals surface area contributed by atoms with Crippen LogP contribution in [0.25, 0.3) is 0 Å². The molecule has 0 rings (SSSR count). The van der Waals surface area contributed by atoms with E-state index in [0.717, 1.165) is 19.3 Å². The van der Waals surface area contributed by atoms with Crippen LogP contribution in [0.4, 0.5) is 0 Å². The smallest absolute Gasteiger partial charge is 0.227 e. The summed E-state index contributed by atoms with van der Waals surface area (Å²) in [6, 6.07) is 0. The van der Waals surface area contributed by atoms with Crippen molar-refractivity contribution < 1.29 is 4.79 Å². The van der Waals surface area contributed by atoms with Gasteiger partial charge < -0.3 is 11.1 Å². The van der Waals surface area contributed by atoms with Crippen molar-refractivity contribution >= 4 is 5.91 Å². The average Bonchev–Trinajstić information content (AvgIpc) is 2.28. The molecule has 3 heteroatoms. The summed E-state index contributed by atoms with van der Waals surface area (Å²) in [5.41, 5.74) is 5.27. The molecule has 15 heavy (non-hydrogen) atoms. The molecule has 0 aliphatic heterocycles. The van der Waals surface area contributed by atoms with Crippen molar-refractivity contribution in [3.05, 3.63) is 0 Å². The molecule has 0 aromatic heterocycles. The molecule has 0 atom stereocenters. The first-order valence-electron chi connectivity index (χ1n) is 5.58. The van der Waals surface area contributed by atoms with E-state index in [1.807, 2.05) is 13.8 Å². The maximum Gasteiger partial charge on any atom is 0.227 e. The quantitative estimate of drug-likeness (QED) is 0.491. The number of carbonyl (C=O) groups excluding carboxylic acids is 1. The molecule has 0 bridgehead atoms. The monoisotopic (exact) mass is 210 g/mol. The Labute approximate surface area is 92.8 Å². The molecule has 0 radical (unpaired) electrons. The van der Waals surface area contributed by atoms with Crippen molar-refractivity contribution in [3.8, 4) is 12.3 Å². The van der Waals surface area contributed by atoms with Crippen molar-refractivity contribution in [1.29, 1.82) is 0 Å². The Balaban J connectivity index is 4.10. The Kier molecular flexibility index (Phi) is 6.81. The van der Waals surface area contributed by atoms with Crippen molar-refractivity contribution in [2.45, 2.75) is 39.5 Å². The minimum atomic E-state index is -0.393. The Morgan fingerprint density at radius 2 is 2.07 bits per heavy atom. The first-order chi connectivity index (χ1) is 7.16. The number of hydrogen-bond acceptors (Lipinski definition) is 2. The number of rotatable bonds is 7. The molecule has 0 fully saturated rings. The van der Waals surface area contributed by atoms with Crippen LogP contribution in [0.15, 0.2) is 0 Å². The zero-order chi connectivity index (χ0) is 11.7. The number of carbonyl (C=O) groups is 1. The third-order valence-corrected chi connectivity index (χ3v) is 3.01. The number of hydrogen-bond donors (Lipinski definition) is 2. The van der Waals surface area contributed by atoms with Gasteiger partial charge in [-0.25, -0.2) is 0 Å². The van der Waals surface area contributed by atoms with E-state index in [9.17, 15) is 4.79 Å². The number of amides is 1. The first kappa shape index (κ1) is 14.0. The number of unbranched alkanes of at least 4 members (excludes halogenated alkanes) is 1. The van der Waals surface area contributed by atoms with E-state index < -0.39 is 5.41 Å². The maximum atomic E-state index is 11.9. The third kappa shape index (κ3) is 3.93. The second-order valence-corrected chi connectivity index (χ2v) is 3.76. The molecular weight excluding hydrogens is 188 g/mol. The first-order valence-corrected chi connectivity index (χ1v) is 5.58. The van der Waals surface area contributed by atoms with Crippen LogP contribution in [0, 0.1) is 17.8 Å². The zero-order valence-corrected chi connectivity index (χ0v) is 9.81. The fourth-order valence-corrected chi connectivity index (χ4v) is 1.53. The van der Waals surface area contributed by atoms with Crippen LogP contribution in [0.5, 0.6) is 0 Å². The molecule has 1 amide bonds. The standard InChI is InChI=1S/C12H22N2O/c1-4-7-8-9-14-11(15)12(5-2,6-3)10-13/h1H,5-10,13H2,2-3H3,(H,14,15). The Morgan fingerprint density at radius 1 is 1.47 bits per heavy atom. The fraction of sp³-hybridized carbons (Fsp3) is 0.750. The van der Waals surface area contributed by atoms with Gasteiger partial charge in [-0.2, -0.15) is 0 Å². The van der Waals surface area contributed by atoms with Gasteiger partial charge in [0.1, 0.15) is 0 Å². The van der Waals surface area contributed by atoms with E-state index in [1.54, 1.807) is 0 Å². The van der Waals surface area contributed by atoms with E-state index in [1.165, 1.54) is 0 Å². The highest BCUT2D eigenvalue weighted by Crippen LogP contribution is 2.24. The maximum absolute atomic E-state index is 11.9. The van der Waals surface area contributed by atoms with Crippen LogP contribution >= 0.6 is 0 Å². The van der Waals surface area contributed by atoms with Crippen molar-refractivity contribution in [2.24, 2.45) is 11.1 Å². The molecule has 0 heterocycles. The van der Waals surface area contributed by atoms with Crippen LogP contribution < -0.4 is 11.1 Å². The molecule has 0 aromatic carbocycles. The van der Waals surface area contributed by atoms with Crippen LogP contribution in [0.3, 0.4) is 0 Å². The number of terminal acetylenes is 1. The van der Waals surface area contributed by atoms with Gasteiger partial charge in [0, 0.05) is 19.5 Å². The lowest BCUT2D eigenvalue weighted by atomic mass is 9.81. The van der Waals surface area contributed by atoms with Gasteiger partial charge in [-0.1, -0.05) is 13.8 Å². The predicted octanol–water partition coefficient (Wildman–Crippen LogP) is 1.28. The zero-order valence-electron chi connectivity index (χ0n) is 9.81. The molecule has 0 spiro atoms. The summed E-state index contributed by atoms with van der Waals surface area (Å²) in [5.74, 6) is 2.61. The van der Waals surface area contributed by atoms with Gasteiger partial charge in [0.05, 0.1) is 5.41 Å². The van der Waals surface area contributed by atoms with Crippen LogP contribution in [0.2, 0.25) is 0 Å². The SMILES string of the molecule is C#CCCCNC(=O)C(CC)(CC)CN. The summed E-state index contributed by atoms with van der Waals surface area (Å²) in [4.78, 5) is 11.9. The molecule has 0 saturated heterocycles. The van der Waals surface area contributed by atoms with E-state index in [-0.39, 0.29) is 5.91 Å². The lowest BCUT2D eigenvalue weighted by Gasteiger charge is -2.28. The normalized spacial score (nSPS) is 10.8. The van der Waals surface area contributed by atoms with E-state index in [2.05, 4.69) is 11.2 Å². The van der Waals surface area contributed by atoms with Gasteiger partial charge in [-0.15, -0.1) is 12.3 Å². The third-order valence-electron chi connectivity index (χ3n) is 3.01. The van der Waals surface area contributed by atoms with Gasteiger partial charge >= 0.3 is 0 Å². The van der Waals surface area contributed by atoms with Gasteiger partial charge in [0.2, 0.25) is 5.91 Å². The summed E-state index contributed by atoms with van der Waals surface area (Å²) < 4.78 is 0. The predicted molar refractivity (Wildman–Crippen MR) is 63.1 cm³/mol. The fourth-order valence-electron chi connectivity index (χ4n) is 1.53. The Bertz CT molecular complexity index is 218. The summed E-state index contributed by atoms with van der Waals surface area (Å²) in [7, 11) is 0. The number of nitrogens with one attached hydrogen (secondary N) is 1. The van der Waals surface area contributed by atoms with Crippen LogP contribution in [-0.2, 0) is 4.79 Å². The number of nitrogens with two attached hydrogens (primary N) is 1. The average molecular weight is 210 g/mol. The van der Waals surface area contributed by atoms with E-state index in [0.29, 0.717) is 19.5 Å². The van der Waals surface area contributed by atoms with E-state index in [4.69, 9.17) is 12.2 Å². The molecule has 0 aliphatic carbocycles. The molecule has 86 valence electrons. The lowest BCUT2D eigenvalue weighted by Crippen LogP contribution is -2.45. The summed E-state index contributed by atoms with van der Waals surface area (Å²) in [6.45, 7) is 5.04.